The standard InChI is InChI=1S/C20H23NO2/c1-16(22)19(23)21-14-8-13-20(15-21,17-9-4-2-5-10-17)18-11-6-3-7-12-18/h2-7,9-12,16,22H,8,13-15H2,1H3/t16-/m0/s1. The minimum absolute atomic E-state index is 0.180. The third-order valence-electron chi connectivity index (χ3n) is 4.81. The Bertz CT molecular complexity index is 612. The molecule has 1 aliphatic heterocycles. The number of aliphatic hydroxyl groups excluding tert-OH is 1. The summed E-state index contributed by atoms with van der Waals surface area (Å²) in [6, 6.07) is 20.8. The smallest absolute Gasteiger partial charge is 0.251 e. The van der Waals surface area contributed by atoms with Crippen molar-refractivity contribution >= 4 is 5.91 Å². The van der Waals surface area contributed by atoms with Crippen molar-refractivity contribution in [2.24, 2.45) is 0 Å². The Morgan fingerprint density at radius 1 is 1.04 bits per heavy atom. The average Bonchev–Trinajstić information content (AvgIpc) is 2.62. The number of benzene rings is 2. The van der Waals surface area contributed by atoms with E-state index in [1.54, 1.807) is 6.92 Å². The van der Waals surface area contributed by atoms with Gasteiger partial charge in [0.05, 0.1) is 0 Å². The van der Waals surface area contributed by atoms with Crippen LogP contribution >= 0.6 is 0 Å². The molecular formula is C20H23NO2. The van der Waals surface area contributed by atoms with Gasteiger partial charge in [0, 0.05) is 18.5 Å². The first kappa shape index (κ1) is 15.8. The maximum absolute atomic E-state index is 12.3. The highest BCUT2D eigenvalue weighted by Gasteiger charge is 2.40. The summed E-state index contributed by atoms with van der Waals surface area (Å²) in [5, 5.41) is 9.69. The molecule has 3 heteroatoms. The highest BCUT2D eigenvalue weighted by molar-refractivity contribution is 5.80. The number of hydrogen-bond donors (Lipinski definition) is 1. The summed E-state index contributed by atoms with van der Waals surface area (Å²) < 4.78 is 0. The number of aliphatic hydroxyl groups is 1. The van der Waals surface area contributed by atoms with Gasteiger partial charge in [-0.2, -0.15) is 0 Å². The number of amides is 1. The zero-order valence-electron chi connectivity index (χ0n) is 13.5. The van der Waals surface area contributed by atoms with Crippen LogP contribution in [0.5, 0.6) is 0 Å². The summed E-state index contributed by atoms with van der Waals surface area (Å²) in [5.74, 6) is -0.180. The lowest BCUT2D eigenvalue weighted by Crippen LogP contribution is -2.51. The van der Waals surface area contributed by atoms with Crippen molar-refractivity contribution in [1.29, 1.82) is 0 Å². The number of nitrogens with zero attached hydrogens (tertiary/aromatic N) is 1. The Balaban J connectivity index is 2.05. The summed E-state index contributed by atoms with van der Waals surface area (Å²) in [5.41, 5.74) is 2.26. The minimum Gasteiger partial charge on any atom is -0.384 e. The molecule has 2 aromatic rings. The van der Waals surface area contributed by atoms with Gasteiger partial charge < -0.3 is 10.0 Å². The van der Waals surface area contributed by atoms with Gasteiger partial charge in [-0.15, -0.1) is 0 Å². The van der Waals surface area contributed by atoms with Crippen LogP contribution in [0.2, 0.25) is 0 Å². The molecule has 1 aliphatic rings. The molecule has 0 saturated carbocycles. The molecule has 0 radical (unpaired) electrons. The van der Waals surface area contributed by atoms with Gasteiger partial charge in [0.15, 0.2) is 0 Å². The zero-order chi connectivity index (χ0) is 16.3. The molecule has 2 aromatic carbocycles. The van der Waals surface area contributed by atoms with Crippen LogP contribution in [0.1, 0.15) is 30.9 Å². The van der Waals surface area contributed by atoms with Crippen LogP contribution < -0.4 is 0 Å². The molecule has 23 heavy (non-hydrogen) atoms. The Labute approximate surface area is 137 Å². The van der Waals surface area contributed by atoms with E-state index in [1.165, 1.54) is 11.1 Å². The van der Waals surface area contributed by atoms with Crippen LogP contribution in [0, 0.1) is 0 Å². The van der Waals surface area contributed by atoms with Gasteiger partial charge in [-0.05, 0) is 30.9 Å². The van der Waals surface area contributed by atoms with E-state index in [9.17, 15) is 9.90 Å². The lowest BCUT2D eigenvalue weighted by Gasteiger charge is -2.44. The lowest BCUT2D eigenvalue weighted by molar-refractivity contribution is -0.141. The predicted octanol–water partition coefficient (Wildman–Crippen LogP) is 2.98. The zero-order valence-corrected chi connectivity index (χ0v) is 13.5. The second-order valence-electron chi connectivity index (χ2n) is 6.35. The molecule has 0 aliphatic carbocycles. The van der Waals surface area contributed by atoms with Gasteiger partial charge in [0.2, 0.25) is 0 Å². The molecule has 0 aromatic heterocycles. The fourth-order valence-electron chi connectivity index (χ4n) is 3.66. The fourth-order valence-corrected chi connectivity index (χ4v) is 3.66. The average molecular weight is 309 g/mol. The number of piperidine rings is 1. The molecule has 120 valence electrons. The van der Waals surface area contributed by atoms with E-state index in [0.29, 0.717) is 13.1 Å². The van der Waals surface area contributed by atoms with Crippen LogP contribution in [0.25, 0.3) is 0 Å². The summed E-state index contributed by atoms with van der Waals surface area (Å²) in [6.07, 6.45) is 0.990. The highest BCUT2D eigenvalue weighted by atomic mass is 16.3. The van der Waals surface area contributed by atoms with Gasteiger partial charge in [0.25, 0.3) is 5.91 Å². The van der Waals surface area contributed by atoms with Gasteiger partial charge >= 0.3 is 0 Å². The molecule has 1 fully saturated rings. The highest BCUT2D eigenvalue weighted by Crippen LogP contribution is 2.40. The molecular weight excluding hydrogens is 286 g/mol. The van der Waals surface area contributed by atoms with E-state index in [2.05, 4.69) is 48.5 Å². The largest absolute Gasteiger partial charge is 0.384 e. The molecule has 3 nitrogen and oxygen atoms in total. The van der Waals surface area contributed by atoms with E-state index in [0.717, 1.165) is 12.8 Å². The summed E-state index contributed by atoms with van der Waals surface area (Å²) >= 11 is 0. The minimum atomic E-state index is -0.947. The van der Waals surface area contributed by atoms with Crippen LogP contribution in [-0.2, 0) is 10.2 Å². The topological polar surface area (TPSA) is 40.5 Å². The molecule has 3 rings (SSSR count). The number of likely N-dealkylation sites (tertiary alicyclic amines) is 1. The van der Waals surface area contributed by atoms with Crippen LogP contribution in [0.4, 0.5) is 0 Å². The Hall–Kier alpha value is -2.13. The van der Waals surface area contributed by atoms with Crippen LogP contribution in [0.15, 0.2) is 60.7 Å². The molecule has 0 unspecified atom stereocenters. The van der Waals surface area contributed by atoms with E-state index in [-0.39, 0.29) is 11.3 Å². The van der Waals surface area contributed by atoms with Gasteiger partial charge in [-0.1, -0.05) is 60.7 Å². The van der Waals surface area contributed by atoms with Gasteiger partial charge in [-0.25, -0.2) is 0 Å². The van der Waals surface area contributed by atoms with E-state index in [1.807, 2.05) is 17.0 Å². The summed E-state index contributed by atoms with van der Waals surface area (Å²) in [4.78, 5) is 14.1. The van der Waals surface area contributed by atoms with E-state index < -0.39 is 6.10 Å². The van der Waals surface area contributed by atoms with Crippen LogP contribution in [-0.4, -0.2) is 35.1 Å². The number of carbonyl (C=O) groups excluding carboxylic acids is 1. The maximum atomic E-state index is 12.3. The quantitative estimate of drug-likeness (QED) is 0.947. The van der Waals surface area contributed by atoms with Crippen molar-refractivity contribution in [1.82, 2.24) is 4.90 Å². The maximum Gasteiger partial charge on any atom is 0.251 e. The first-order valence-corrected chi connectivity index (χ1v) is 8.21. The van der Waals surface area contributed by atoms with Crippen molar-refractivity contribution in [3.8, 4) is 0 Å². The van der Waals surface area contributed by atoms with E-state index >= 15 is 0 Å². The Kier molecular flexibility index (Phi) is 4.49. The number of rotatable bonds is 3. The normalized spacial score (nSPS) is 18.4. The fraction of sp³-hybridized carbons (Fsp3) is 0.350. The van der Waals surface area contributed by atoms with Crippen molar-refractivity contribution in [3.63, 3.8) is 0 Å². The molecule has 0 bridgehead atoms. The Morgan fingerprint density at radius 3 is 2.04 bits per heavy atom. The summed E-state index contributed by atoms with van der Waals surface area (Å²) in [6.45, 7) is 2.87. The Morgan fingerprint density at radius 2 is 1.57 bits per heavy atom. The molecule has 1 amide bonds. The second-order valence-corrected chi connectivity index (χ2v) is 6.35. The molecule has 1 N–H and O–H groups in total. The van der Waals surface area contributed by atoms with Crippen molar-refractivity contribution in [2.75, 3.05) is 13.1 Å². The first-order chi connectivity index (χ1) is 11.1. The SMILES string of the molecule is C[C@H](O)C(=O)N1CCCC(c2ccccc2)(c2ccccc2)C1. The summed E-state index contributed by atoms with van der Waals surface area (Å²) in [7, 11) is 0. The predicted molar refractivity (Wildman–Crippen MR) is 91.2 cm³/mol. The number of carbonyl (C=O) groups is 1. The lowest BCUT2D eigenvalue weighted by atomic mass is 9.69. The van der Waals surface area contributed by atoms with Crippen molar-refractivity contribution in [3.05, 3.63) is 71.8 Å². The molecule has 1 atom stereocenters. The second kappa shape index (κ2) is 6.55. The molecule has 1 saturated heterocycles. The number of hydrogen-bond acceptors (Lipinski definition) is 2. The van der Waals surface area contributed by atoms with Crippen LogP contribution in [0.3, 0.4) is 0 Å². The van der Waals surface area contributed by atoms with Gasteiger partial charge in [-0.3, -0.25) is 4.79 Å². The monoisotopic (exact) mass is 309 g/mol. The van der Waals surface area contributed by atoms with E-state index in [4.69, 9.17) is 0 Å². The third kappa shape index (κ3) is 3.02. The van der Waals surface area contributed by atoms with Crippen molar-refractivity contribution < 1.29 is 9.90 Å². The van der Waals surface area contributed by atoms with Gasteiger partial charge in [0.1, 0.15) is 6.10 Å². The first-order valence-electron chi connectivity index (χ1n) is 8.21. The molecule has 1 heterocycles. The molecule has 0 spiro atoms. The third-order valence-corrected chi connectivity index (χ3v) is 4.81. The van der Waals surface area contributed by atoms with Crippen molar-refractivity contribution in [2.45, 2.75) is 31.3 Å².